The Morgan fingerprint density at radius 2 is 1.91 bits per heavy atom. The molecule has 5 aliphatic heterocycles. The van der Waals surface area contributed by atoms with Crippen LogP contribution in [0.1, 0.15) is 58.3 Å². The first-order valence-electron chi connectivity index (χ1n) is 17.1. The van der Waals surface area contributed by atoms with Gasteiger partial charge in [-0.05, 0) is 51.3 Å². The second kappa shape index (κ2) is 15.4. The van der Waals surface area contributed by atoms with Gasteiger partial charge in [0.15, 0.2) is 18.4 Å². The number of hydrogen-bond acceptors (Lipinski definition) is 7. The Morgan fingerprint density at radius 1 is 1.11 bits per heavy atom. The largest absolute Gasteiger partial charge is 0.375 e. The number of likely N-dealkylation sites (tertiary alicyclic amines) is 1. The minimum atomic E-state index is -1.15. The van der Waals surface area contributed by atoms with E-state index < -0.39 is 42.6 Å². The van der Waals surface area contributed by atoms with Crippen molar-refractivity contribution in [2.24, 2.45) is 17.6 Å². The first kappa shape index (κ1) is 33.2. The van der Waals surface area contributed by atoms with Crippen molar-refractivity contribution in [1.82, 2.24) is 30.7 Å². The summed E-state index contributed by atoms with van der Waals surface area (Å²) in [6.45, 7) is 7.90. The zero-order valence-corrected chi connectivity index (χ0v) is 26.7. The quantitative estimate of drug-likeness (QED) is 0.154. The van der Waals surface area contributed by atoms with Gasteiger partial charge in [-0.2, -0.15) is 0 Å². The molecule has 5 aliphatic rings. The fraction of sp³-hybridized carbons (Fsp3) is 0.844. The molecule has 0 aromatic carbocycles. The van der Waals surface area contributed by atoms with Gasteiger partial charge in [-0.3, -0.25) is 19.4 Å². The van der Waals surface area contributed by atoms with Gasteiger partial charge in [-0.1, -0.05) is 26.2 Å². The first-order chi connectivity index (χ1) is 21.3. The summed E-state index contributed by atoms with van der Waals surface area (Å²) in [5.41, 5.74) is 6.39. The summed E-state index contributed by atoms with van der Waals surface area (Å²) in [5, 5.41) is 9.31. The highest BCUT2D eigenvalue weighted by molar-refractivity contribution is 5.81. The van der Waals surface area contributed by atoms with Gasteiger partial charge >= 0.3 is 0 Å². The van der Waals surface area contributed by atoms with Crippen LogP contribution >= 0.6 is 0 Å². The Morgan fingerprint density at radius 3 is 2.68 bits per heavy atom. The highest BCUT2D eigenvalue weighted by atomic mass is 19.1. The summed E-state index contributed by atoms with van der Waals surface area (Å²) in [7, 11) is 1.78. The van der Waals surface area contributed by atoms with Gasteiger partial charge in [0.1, 0.15) is 19.1 Å². The summed E-state index contributed by atoms with van der Waals surface area (Å²) >= 11 is 0. The smallest absolute Gasteiger partial charge is 0.234 e. The molecule has 248 valence electrons. The molecule has 5 heterocycles. The lowest BCUT2D eigenvalue weighted by atomic mass is 9.88. The van der Waals surface area contributed by atoms with Crippen molar-refractivity contribution in [1.29, 1.82) is 0 Å². The molecule has 9 unspecified atom stereocenters. The zero-order chi connectivity index (χ0) is 31.2. The van der Waals surface area contributed by atoms with E-state index in [1.54, 1.807) is 24.0 Å². The predicted octanol–water partition coefficient (Wildman–Crippen LogP) is 0.818. The topological polar surface area (TPSA) is 109 Å². The number of piperazine rings is 1. The third-order valence-corrected chi connectivity index (χ3v) is 10.6. The van der Waals surface area contributed by atoms with Crippen LogP contribution in [0.25, 0.3) is 0 Å². The van der Waals surface area contributed by atoms with E-state index in [9.17, 15) is 14.0 Å². The van der Waals surface area contributed by atoms with Gasteiger partial charge in [0, 0.05) is 57.4 Å². The van der Waals surface area contributed by atoms with E-state index in [4.69, 9.17) is 5.73 Å². The fourth-order valence-electron chi connectivity index (χ4n) is 8.04. The van der Waals surface area contributed by atoms with Gasteiger partial charge in [-0.15, -0.1) is 0 Å². The molecule has 2 bridgehead atoms. The van der Waals surface area contributed by atoms with Crippen LogP contribution < -0.4 is 21.7 Å². The van der Waals surface area contributed by atoms with E-state index >= 15 is 4.39 Å². The molecule has 0 aliphatic carbocycles. The monoisotopic (exact) mass is 621 g/mol. The molecule has 5 N–H and O–H groups in total. The zero-order valence-electron chi connectivity index (χ0n) is 26.7. The number of likely N-dealkylation sites (N-methyl/N-ethyl adjacent to an activating group) is 1. The van der Waals surface area contributed by atoms with Crippen LogP contribution in [-0.4, -0.2) is 139 Å². The van der Waals surface area contributed by atoms with Crippen molar-refractivity contribution in [2.45, 2.75) is 101 Å². The third-order valence-electron chi connectivity index (χ3n) is 10.6. The number of nitrogens with zero attached hydrogens (tertiary/aromatic N) is 4. The Balaban J connectivity index is 1.19. The van der Waals surface area contributed by atoms with Crippen molar-refractivity contribution in [3.8, 4) is 0 Å². The Hall–Kier alpha value is -2.15. The van der Waals surface area contributed by atoms with E-state index in [1.807, 2.05) is 6.08 Å². The summed E-state index contributed by atoms with van der Waals surface area (Å²) in [6.07, 6.45) is 9.16. The molecule has 0 saturated carbocycles. The predicted molar refractivity (Wildman–Crippen MR) is 168 cm³/mol. The molecular weight excluding hydrogens is 566 g/mol. The molecule has 12 heteroatoms. The van der Waals surface area contributed by atoms with Crippen molar-refractivity contribution in [2.75, 3.05) is 59.4 Å². The average molecular weight is 622 g/mol. The molecule has 44 heavy (non-hydrogen) atoms. The number of alkyl halides is 2. The van der Waals surface area contributed by atoms with Crippen LogP contribution in [-0.2, 0) is 9.59 Å². The van der Waals surface area contributed by atoms with Gasteiger partial charge in [-0.25, -0.2) is 13.4 Å². The van der Waals surface area contributed by atoms with Crippen LogP contribution in [0.2, 0.25) is 0 Å². The number of fused-ring (bicyclic) bond motifs is 2. The van der Waals surface area contributed by atoms with Crippen LogP contribution in [0.3, 0.4) is 0 Å². The second-order valence-corrected chi connectivity index (χ2v) is 13.6. The van der Waals surface area contributed by atoms with Crippen molar-refractivity contribution < 1.29 is 22.9 Å². The van der Waals surface area contributed by atoms with E-state index in [2.05, 4.69) is 37.6 Å². The van der Waals surface area contributed by atoms with Crippen molar-refractivity contribution in [3.63, 3.8) is 0 Å². The maximum atomic E-state index is 15.6. The SMILES string of the molecule is CCCCCCC(F)C=[N+](C)C1C=CNC(N)C1C(=O)NC1CNCC(F)C1N1CCC(C(=O)N2CCN3CCC2C3)CC1. The Kier molecular flexibility index (Phi) is 11.6. The number of amides is 2. The molecule has 0 aromatic heterocycles. The lowest BCUT2D eigenvalue weighted by Crippen LogP contribution is -2.68. The molecule has 4 saturated heterocycles. The second-order valence-electron chi connectivity index (χ2n) is 13.6. The third kappa shape index (κ3) is 7.79. The maximum absolute atomic E-state index is 15.6. The molecule has 0 spiro atoms. The molecule has 0 radical (unpaired) electrons. The number of carbonyl (C=O) groups is 2. The molecule has 2 amide bonds. The van der Waals surface area contributed by atoms with Crippen LogP contribution in [0.15, 0.2) is 12.3 Å². The Labute approximate surface area is 261 Å². The number of unbranched alkanes of at least 4 members (excludes halogenated alkanes) is 3. The van der Waals surface area contributed by atoms with Gasteiger partial charge in [0.25, 0.3) is 0 Å². The number of nitrogens with one attached hydrogen (secondary N) is 3. The summed E-state index contributed by atoms with van der Waals surface area (Å²) in [4.78, 5) is 33.9. The maximum Gasteiger partial charge on any atom is 0.234 e. The van der Waals surface area contributed by atoms with Gasteiger partial charge < -0.3 is 26.6 Å². The van der Waals surface area contributed by atoms with E-state index in [0.29, 0.717) is 44.9 Å². The minimum absolute atomic E-state index is 0.0252. The number of nitrogens with two attached hydrogens (primary N) is 1. The lowest BCUT2D eigenvalue weighted by molar-refractivity contribution is -0.531. The summed E-state index contributed by atoms with van der Waals surface area (Å²) < 4.78 is 32.1. The number of halogens is 2. The standard InChI is InChI=1S/C32H54F2N8O2/c1-3-4-5-6-7-23(33)20-39(2)27-8-12-37-30(35)28(27)31(43)38-26-19-36-18-25(34)29(26)41-14-9-22(10-15-41)32(44)42-17-16-40-13-11-24(42)21-40/h8,12,20,22-30,36-37H,3-7,9-11,13-19,21,35H2,1-2H3/p+1. The van der Waals surface area contributed by atoms with E-state index in [0.717, 1.165) is 58.3 Å². The Bertz CT molecular complexity index is 1040. The number of carbonyl (C=O) groups excluding carboxylic acids is 2. The van der Waals surface area contributed by atoms with Crippen molar-refractivity contribution in [3.05, 3.63) is 12.3 Å². The highest BCUT2D eigenvalue weighted by Gasteiger charge is 2.46. The summed E-state index contributed by atoms with van der Waals surface area (Å²) in [5.74, 6) is -0.723. The van der Waals surface area contributed by atoms with Crippen LogP contribution in [0.4, 0.5) is 8.78 Å². The normalized spacial score (nSPS) is 35.8. The molecule has 0 aromatic rings. The molecule has 9 atom stereocenters. The van der Waals surface area contributed by atoms with Gasteiger partial charge in [0.05, 0.1) is 18.2 Å². The van der Waals surface area contributed by atoms with E-state index in [1.165, 1.54) is 0 Å². The fourth-order valence-corrected chi connectivity index (χ4v) is 8.04. The molecular formula is C32H55F2N8O2+. The molecule has 4 fully saturated rings. The highest BCUT2D eigenvalue weighted by Crippen LogP contribution is 2.29. The minimum Gasteiger partial charge on any atom is -0.375 e. The first-order valence-corrected chi connectivity index (χ1v) is 17.1. The number of hydrogen-bond donors (Lipinski definition) is 4. The van der Waals surface area contributed by atoms with Crippen LogP contribution in [0, 0.1) is 11.8 Å². The number of piperidine rings is 2. The van der Waals surface area contributed by atoms with Crippen LogP contribution in [0.5, 0.6) is 0 Å². The van der Waals surface area contributed by atoms with E-state index in [-0.39, 0.29) is 24.3 Å². The molecule has 10 nitrogen and oxygen atoms in total. The number of rotatable bonds is 11. The van der Waals surface area contributed by atoms with Gasteiger partial charge in [0.2, 0.25) is 11.8 Å². The summed E-state index contributed by atoms with van der Waals surface area (Å²) in [6, 6.07) is -1.03. The average Bonchev–Trinajstić information content (AvgIpc) is 3.39. The lowest BCUT2D eigenvalue weighted by Gasteiger charge is -2.46. The molecule has 5 rings (SSSR count). The van der Waals surface area contributed by atoms with Crippen molar-refractivity contribution >= 4 is 18.0 Å².